The lowest BCUT2D eigenvalue weighted by atomic mass is 9.99. The number of hydrogen-bond donors (Lipinski definition) is 2. The maximum atomic E-state index is 13.7. The molecular weight excluding hydrogens is 262 g/mol. The number of aliphatic hydroxyl groups excluding tert-OH is 1. The fourth-order valence-electron chi connectivity index (χ4n) is 2.09. The van der Waals surface area contributed by atoms with Gasteiger partial charge < -0.3 is 10.2 Å². The first kappa shape index (κ1) is 14.5. The van der Waals surface area contributed by atoms with Crippen LogP contribution in [0.4, 0.5) is 8.78 Å². The molecular formula is C16H16F2O2. The van der Waals surface area contributed by atoms with Gasteiger partial charge in [-0.05, 0) is 29.7 Å². The van der Waals surface area contributed by atoms with Gasteiger partial charge in [0.25, 0.3) is 0 Å². The summed E-state index contributed by atoms with van der Waals surface area (Å²) in [5.41, 5.74) is 1.32. The zero-order chi connectivity index (χ0) is 14.7. The number of benzene rings is 2. The molecule has 20 heavy (non-hydrogen) atoms. The fraction of sp³-hybridized carbons (Fsp3) is 0.250. The normalized spacial score (nSPS) is 12.4. The van der Waals surface area contributed by atoms with Crippen molar-refractivity contribution in [3.8, 4) is 16.9 Å². The van der Waals surface area contributed by atoms with Crippen molar-refractivity contribution in [2.45, 2.75) is 25.9 Å². The maximum Gasteiger partial charge on any atom is 0.200 e. The van der Waals surface area contributed by atoms with Gasteiger partial charge in [-0.3, -0.25) is 0 Å². The van der Waals surface area contributed by atoms with Gasteiger partial charge in [0.15, 0.2) is 11.6 Å². The van der Waals surface area contributed by atoms with E-state index in [1.54, 1.807) is 24.3 Å². The first-order valence-electron chi connectivity index (χ1n) is 6.50. The van der Waals surface area contributed by atoms with Crippen molar-refractivity contribution in [2.24, 2.45) is 0 Å². The van der Waals surface area contributed by atoms with Crippen molar-refractivity contribution in [3.05, 3.63) is 53.6 Å². The summed E-state index contributed by atoms with van der Waals surface area (Å²) in [5.74, 6) is -3.04. The lowest BCUT2D eigenvalue weighted by Gasteiger charge is -2.11. The molecule has 0 aliphatic rings. The third-order valence-corrected chi connectivity index (χ3v) is 3.23. The summed E-state index contributed by atoms with van der Waals surface area (Å²) in [6, 6.07) is 9.09. The van der Waals surface area contributed by atoms with Gasteiger partial charge in [0.1, 0.15) is 0 Å². The average Bonchev–Trinajstić information content (AvgIpc) is 2.45. The minimum absolute atomic E-state index is 0.0804. The number of halogens is 2. The Hall–Kier alpha value is -1.94. The fourth-order valence-corrected chi connectivity index (χ4v) is 2.09. The van der Waals surface area contributed by atoms with Gasteiger partial charge in [0.2, 0.25) is 5.82 Å². The van der Waals surface area contributed by atoms with Crippen LogP contribution in [0.15, 0.2) is 36.4 Å². The van der Waals surface area contributed by atoms with Crippen LogP contribution in [-0.4, -0.2) is 10.2 Å². The summed E-state index contributed by atoms with van der Waals surface area (Å²) in [5, 5.41) is 18.9. The van der Waals surface area contributed by atoms with E-state index in [1.165, 1.54) is 6.07 Å². The van der Waals surface area contributed by atoms with Gasteiger partial charge in [0.05, 0.1) is 6.10 Å². The standard InChI is InChI=1S/C16H16F2O2/c1-2-3-13(19)11-6-4-10(5-7-11)12-8-9-14(20)16(18)15(12)17/h4-9,13,19-20H,2-3H2,1H3. The van der Waals surface area contributed by atoms with E-state index in [0.29, 0.717) is 12.0 Å². The Balaban J connectivity index is 2.33. The summed E-state index contributed by atoms with van der Waals surface area (Å²) in [4.78, 5) is 0. The van der Waals surface area contributed by atoms with Gasteiger partial charge in [0, 0.05) is 5.56 Å². The van der Waals surface area contributed by atoms with E-state index in [4.69, 9.17) is 5.11 Å². The van der Waals surface area contributed by atoms with Gasteiger partial charge in [-0.1, -0.05) is 37.6 Å². The van der Waals surface area contributed by atoms with E-state index in [2.05, 4.69) is 0 Å². The first-order valence-corrected chi connectivity index (χ1v) is 6.50. The minimum atomic E-state index is -1.25. The zero-order valence-corrected chi connectivity index (χ0v) is 11.1. The predicted octanol–water partition coefficient (Wildman–Crippen LogP) is 4.17. The molecule has 0 radical (unpaired) electrons. The number of hydrogen-bond acceptors (Lipinski definition) is 2. The first-order chi connectivity index (χ1) is 9.54. The molecule has 1 atom stereocenters. The van der Waals surface area contributed by atoms with Crippen LogP contribution in [0.5, 0.6) is 5.75 Å². The molecule has 2 aromatic rings. The minimum Gasteiger partial charge on any atom is -0.505 e. The smallest absolute Gasteiger partial charge is 0.200 e. The number of phenols is 1. The highest BCUT2D eigenvalue weighted by Crippen LogP contribution is 2.30. The molecule has 0 aromatic heterocycles. The van der Waals surface area contributed by atoms with Crippen molar-refractivity contribution in [2.75, 3.05) is 0 Å². The molecule has 2 N–H and O–H groups in total. The maximum absolute atomic E-state index is 13.7. The predicted molar refractivity (Wildman–Crippen MR) is 73.3 cm³/mol. The van der Waals surface area contributed by atoms with Crippen molar-refractivity contribution in [1.82, 2.24) is 0 Å². The van der Waals surface area contributed by atoms with E-state index in [1.807, 2.05) is 6.92 Å². The van der Waals surface area contributed by atoms with Crippen LogP contribution >= 0.6 is 0 Å². The number of aromatic hydroxyl groups is 1. The summed E-state index contributed by atoms with van der Waals surface area (Å²) in [7, 11) is 0. The molecule has 0 saturated carbocycles. The van der Waals surface area contributed by atoms with Crippen molar-refractivity contribution < 1.29 is 19.0 Å². The van der Waals surface area contributed by atoms with Gasteiger partial charge in [-0.2, -0.15) is 4.39 Å². The van der Waals surface area contributed by atoms with Crippen molar-refractivity contribution in [1.29, 1.82) is 0 Å². The third-order valence-electron chi connectivity index (χ3n) is 3.23. The molecule has 0 aliphatic heterocycles. The lowest BCUT2D eigenvalue weighted by Crippen LogP contribution is -1.96. The molecule has 1 unspecified atom stereocenters. The summed E-state index contributed by atoms with van der Waals surface area (Å²) in [6.45, 7) is 1.98. The Morgan fingerprint density at radius 2 is 1.65 bits per heavy atom. The van der Waals surface area contributed by atoms with Gasteiger partial charge >= 0.3 is 0 Å². The van der Waals surface area contributed by atoms with Crippen LogP contribution in [0.1, 0.15) is 31.4 Å². The highest BCUT2D eigenvalue weighted by molar-refractivity contribution is 5.65. The Bertz CT molecular complexity index is 594. The summed E-state index contributed by atoms with van der Waals surface area (Å²) >= 11 is 0. The molecule has 0 fully saturated rings. The zero-order valence-electron chi connectivity index (χ0n) is 11.1. The SMILES string of the molecule is CCCC(O)c1ccc(-c2ccc(O)c(F)c2F)cc1. The Labute approximate surface area is 116 Å². The van der Waals surface area contributed by atoms with Gasteiger partial charge in [-0.15, -0.1) is 0 Å². The largest absolute Gasteiger partial charge is 0.505 e. The summed E-state index contributed by atoms with van der Waals surface area (Å²) in [6.07, 6.45) is 0.970. The molecule has 2 nitrogen and oxygen atoms in total. The molecule has 2 aromatic carbocycles. The molecule has 0 spiro atoms. The number of aliphatic hydroxyl groups is 1. The topological polar surface area (TPSA) is 40.5 Å². The van der Waals surface area contributed by atoms with E-state index in [0.717, 1.165) is 18.1 Å². The number of rotatable bonds is 4. The van der Waals surface area contributed by atoms with E-state index in [-0.39, 0.29) is 5.56 Å². The van der Waals surface area contributed by atoms with Crippen LogP contribution < -0.4 is 0 Å². The molecule has 0 saturated heterocycles. The van der Waals surface area contributed by atoms with E-state index < -0.39 is 23.5 Å². The van der Waals surface area contributed by atoms with E-state index in [9.17, 15) is 13.9 Å². The Kier molecular flexibility index (Phi) is 4.35. The molecule has 4 heteroatoms. The number of phenolic OH excluding ortho intramolecular Hbond substituents is 1. The summed E-state index contributed by atoms with van der Waals surface area (Å²) < 4.78 is 27.1. The Morgan fingerprint density at radius 3 is 2.25 bits per heavy atom. The lowest BCUT2D eigenvalue weighted by molar-refractivity contribution is 0.166. The monoisotopic (exact) mass is 278 g/mol. The van der Waals surface area contributed by atoms with Crippen LogP contribution in [0.2, 0.25) is 0 Å². The second-order valence-electron chi connectivity index (χ2n) is 4.69. The highest BCUT2D eigenvalue weighted by atomic mass is 19.2. The molecule has 106 valence electrons. The van der Waals surface area contributed by atoms with Crippen LogP contribution in [-0.2, 0) is 0 Å². The second-order valence-corrected chi connectivity index (χ2v) is 4.69. The van der Waals surface area contributed by atoms with E-state index >= 15 is 0 Å². The van der Waals surface area contributed by atoms with Crippen LogP contribution in [0.25, 0.3) is 11.1 Å². The second kappa shape index (κ2) is 6.01. The van der Waals surface area contributed by atoms with Gasteiger partial charge in [-0.25, -0.2) is 4.39 Å². The van der Waals surface area contributed by atoms with Crippen LogP contribution in [0.3, 0.4) is 0 Å². The quantitative estimate of drug-likeness (QED) is 0.881. The third kappa shape index (κ3) is 2.80. The molecule has 0 bridgehead atoms. The molecule has 0 heterocycles. The van der Waals surface area contributed by atoms with Crippen LogP contribution in [0, 0.1) is 11.6 Å². The molecule has 0 aliphatic carbocycles. The average molecular weight is 278 g/mol. The van der Waals surface area contributed by atoms with Crippen molar-refractivity contribution in [3.63, 3.8) is 0 Å². The Morgan fingerprint density at radius 1 is 1.00 bits per heavy atom. The molecule has 0 amide bonds. The highest BCUT2D eigenvalue weighted by Gasteiger charge is 2.14. The van der Waals surface area contributed by atoms with Crippen molar-refractivity contribution >= 4 is 0 Å². The molecule has 2 rings (SSSR count).